The summed E-state index contributed by atoms with van der Waals surface area (Å²) in [6.07, 6.45) is 6.00. The Hall–Kier alpha value is -1.50. The summed E-state index contributed by atoms with van der Waals surface area (Å²) in [4.78, 5) is 0. The first-order valence-corrected chi connectivity index (χ1v) is 5.75. The standard InChI is InChI=1S/C15H20O/c1-4-8-13(3)12-16-15-11-7-6-10-14(15)9-5-2/h5-8,10-11H,2,4,9,12H2,1,3H3/b13-8-. The van der Waals surface area contributed by atoms with Crippen LogP contribution in [0.3, 0.4) is 0 Å². The van der Waals surface area contributed by atoms with E-state index in [1.165, 1.54) is 11.1 Å². The Kier molecular flexibility index (Phi) is 5.41. The van der Waals surface area contributed by atoms with Crippen LogP contribution in [-0.4, -0.2) is 6.61 Å². The minimum atomic E-state index is 0.669. The van der Waals surface area contributed by atoms with Gasteiger partial charge in [-0.1, -0.05) is 37.3 Å². The van der Waals surface area contributed by atoms with Gasteiger partial charge in [0, 0.05) is 0 Å². The normalized spacial score (nSPS) is 11.2. The number of allylic oxidation sites excluding steroid dienone is 2. The van der Waals surface area contributed by atoms with Crippen molar-refractivity contribution in [2.45, 2.75) is 26.7 Å². The highest BCUT2D eigenvalue weighted by atomic mass is 16.5. The molecule has 0 amide bonds. The number of para-hydroxylation sites is 1. The van der Waals surface area contributed by atoms with Gasteiger partial charge in [0.25, 0.3) is 0 Å². The fourth-order valence-electron chi connectivity index (χ4n) is 1.57. The highest BCUT2D eigenvalue weighted by Gasteiger charge is 2.00. The molecule has 0 radical (unpaired) electrons. The molecule has 1 heteroatoms. The van der Waals surface area contributed by atoms with Crippen LogP contribution in [0.2, 0.25) is 0 Å². The van der Waals surface area contributed by atoms with Crippen LogP contribution < -0.4 is 4.74 Å². The second kappa shape index (κ2) is 6.89. The topological polar surface area (TPSA) is 9.23 Å². The molecule has 16 heavy (non-hydrogen) atoms. The summed E-state index contributed by atoms with van der Waals surface area (Å²) in [5, 5.41) is 0. The van der Waals surface area contributed by atoms with E-state index < -0.39 is 0 Å². The Morgan fingerprint density at radius 1 is 1.38 bits per heavy atom. The summed E-state index contributed by atoms with van der Waals surface area (Å²) in [6, 6.07) is 8.12. The van der Waals surface area contributed by atoms with Crippen molar-refractivity contribution in [1.29, 1.82) is 0 Å². The molecule has 0 fully saturated rings. The lowest BCUT2D eigenvalue weighted by atomic mass is 10.1. The molecule has 0 aliphatic carbocycles. The van der Waals surface area contributed by atoms with Crippen LogP contribution >= 0.6 is 0 Å². The SMILES string of the molecule is C=CCc1ccccc1OC/C(C)=C\CC. The molecule has 0 heterocycles. The molecule has 0 aliphatic heterocycles. The fraction of sp³-hybridized carbons (Fsp3) is 0.333. The molecular weight excluding hydrogens is 196 g/mol. The molecule has 0 saturated carbocycles. The smallest absolute Gasteiger partial charge is 0.123 e. The first kappa shape index (κ1) is 12.6. The van der Waals surface area contributed by atoms with Crippen molar-refractivity contribution in [3.63, 3.8) is 0 Å². The zero-order valence-corrected chi connectivity index (χ0v) is 10.2. The van der Waals surface area contributed by atoms with E-state index in [0.29, 0.717) is 6.61 Å². The molecule has 1 rings (SSSR count). The quantitative estimate of drug-likeness (QED) is 0.649. The van der Waals surface area contributed by atoms with Crippen molar-refractivity contribution >= 4 is 0 Å². The molecule has 0 spiro atoms. The second-order valence-corrected chi connectivity index (χ2v) is 3.85. The van der Waals surface area contributed by atoms with E-state index in [9.17, 15) is 0 Å². The minimum Gasteiger partial charge on any atom is -0.489 e. The molecule has 86 valence electrons. The summed E-state index contributed by atoms with van der Waals surface area (Å²) >= 11 is 0. The van der Waals surface area contributed by atoms with Crippen LogP contribution in [0.25, 0.3) is 0 Å². The van der Waals surface area contributed by atoms with Crippen LogP contribution in [0.4, 0.5) is 0 Å². The van der Waals surface area contributed by atoms with Crippen LogP contribution in [0, 0.1) is 0 Å². The first-order valence-electron chi connectivity index (χ1n) is 5.75. The third kappa shape index (κ3) is 3.93. The van der Waals surface area contributed by atoms with E-state index in [4.69, 9.17) is 4.74 Å². The number of hydrogen-bond donors (Lipinski definition) is 0. The summed E-state index contributed by atoms with van der Waals surface area (Å²) < 4.78 is 5.79. The Morgan fingerprint density at radius 2 is 2.12 bits per heavy atom. The van der Waals surface area contributed by atoms with Gasteiger partial charge < -0.3 is 4.74 Å². The van der Waals surface area contributed by atoms with Crippen LogP contribution in [0.5, 0.6) is 5.75 Å². The largest absolute Gasteiger partial charge is 0.489 e. The van der Waals surface area contributed by atoms with Gasteiger partial charge in [0.05, 0.1) is 0 Å². The second-order valence-electron chi connectivity index (χ2n) is 3.85. The highest BCUT2D eigenvalue weighted by Crippen LogP contribution is 2.19. The number of rotatable bonds is 6. The van der Waals surface area contributed by atoms with Crippen molar-refractivity contribution in [3.8, 4) is 5.75 Å². The highest BCUT2D eigenvalue weighted by molar-refractivity contribution is 5.34. The maximum absolute atomic E-state index is 5.79. The van der Waals surface area contributed by atoms with E-state index in [1.54, 1.807) is 0 Å². The number of hydrogen-bond acceptors (Lipinski definition) is 1. The molecule has 0 saturated heterocycles. The van der Waals surface area contributed by atoms with Gasteiger partial charge in [-0.05, 0) is 37.0 Å². The summed E-state index contributed by atoms with van der Waals surface area (Å²) in [6.45, 7) is 8.65. The van der Waals surface area contributed by atoms with Gasteiger partial charge in [0.15, 0.2) is 0 Å². The molecule has 1 aromatic carbocycles. The monoisotopic (exact) mass is 216 g/mol. The Labute approximate surface area is 98.5 Å². The van der Waals surface area contributed by atoms with Crippen LogP contribution in [0.15, 0.2) is 48.6 Å². The van der Waals surface area contributed by atoms with Crippen LogP contribution in [-0.2, 0) is 6.42 Å². The lowest BCUT2D eigenvalue weighted by Gasteiger charge is -2.10. The van der Waals surface area contributed by atoms with E-state index in [2.05, 4.69) is 32.6 Å². The summed E-state index contributed by atoms with van der Waals surface area (Å²) in [7, 11) is 0. The Bertz CT molecular complexity index is 363. The zero-order chi connectivity index (χ0) is 11.8. The summed E-state index contributed by atoms with van der Waals surface area (Å²) in [5.41, 5.74) is 2.47. The third-order valence-electron chi connectivity index (χ3n) is 2.34. The van der Waals surface area contributed by atoms with Crippen molar-refractivity contribution < 1.29 is 4.74 Å². The van der Waals surface area contributed by atoms with E-state index in [-0.39, 0.29) is 0 Å². The zero-order valence-electron chi connectivity index (χ0n) is 10.2. The molecule has 0 atom stereocenters. The predicted molar refractivity (Wildman–Crippen MR) is 69.9 cm³/mol. The Morgan fingerprint density at radius 3 is 2.81 bits per heavy atom. The predicted octanol–water partition coefficient (Wildman–Crippen LogP) is 4.15. The van der Waals surface area contributed by atoms with Gasteiger partial charge in [-0.2, -0.15) is 0 Å². The molecule has 0 unspecified atom stereocenters. The van der Waals surface area contributed by atoms with Gasteiger partial charge in [-0.3, -0.25) is 0 Å². The molecule has 1 aromatic rings. The fourth-order valence-corrected chi connectivity index (χ4v) is 1.57. The van der Waals surface area contributed by atoms with Crippen molar-refractivity contribution in [3.05, 3.63) is 54.1 Å². The van der Waals surface area contributed by atoms with Crippen molar-refractivity contribution in [2.24, 2.45) is 0 Å². The number of benzene rings is 1. The van der Waals surface area contributed by atoms with Gasteiger partial charge in [-0.15, -0.1) is 6.58 Å². The Balaban J connectivity index is 2.65. The van der Waals surface area contributed by atoms with Crippen molar-refractivity contribution in [2.75, 3.05) is 6.61 Å². The average molecular weight is 216 g/mol. The van der Waals surface area contributed by atoms with Crippen LogP contribution in [0.1, 0.15) is 25.8 Å². The lowest BCUT2D eigenvalue weighted by molar-refractivity contribution is 0.348. The van der Waals surface area contributed by atoms with Crippen molar-refractivity contribution in [1.82, 2.24) is 0 Å². The molecule has 0 aromatic heterocycles. The van der Waals surface area contributed by atoms with Gasteiger partial charge in [0.2, 0.25) is 0 Å². The third-order valence-corrected chi connectivity index (χ3v) is 2.34. The van der Waals surface area contributed by atoms with Gasteiger partial charge >= 0.3 is 0 Å². The maximum atomic E-state index is 5.79. The summed E-state index contributed by atoms with van der Waals surface area (Å²) in [5.74, 6) is 0.964. The van der Waals surface area contributed by atoms with Gasteiger partial charge in [-0.25, -0.2) is 0 Å². The molecule has 0 aliphatic rings. The average Bonchev–Trinajstić information content (AvgIpc) is 2.29. The van der Waals surface area contributed by atoms with E-state index in [0.717, 1.165) is 18.6 Å². The maximum Gasteiger partial charge on any atom is 0.123 e. The van der Waals surface area contributed by atoms with E-state index in [1.807, 2.05) is 24.3 Å². The first-order chi connectivity index (χ1) is 7.77. The molecular formula is C15H20O. The van der Waals surface area contributed by atoms with Gasteiger partial charge in [0.1, 0.15) is 12.4 Å². The molecule has 0 bridgehead atoms. The molecule has 0 N–H and O–H groups in total. The van der Waals surface area contributed by atoms with E-state index >= 15 is 0 Å². The lowest BCUT2D eigenvalue weighted by Crippen LogP contribution is -2.01. The number of ether oxygens (including phenoxy) is 1. The molecule has 1 nitrogen and oxygen atoms in total. The minimum absolute atomic E-state index is 0.669.